The summed E-state index contributed by atoms with van der Waals surface area (Å²) < 4.78 is 5.55. The van der Waals surface area contributed by atoms with Gasteiger partial charge in [-0.15, -0.1) is 6.42 Å². The van der Waals surface area contributed by atoms with Gasteiger partial charge in [-0.3, -0.25) is 15.0 Å². The lowest BCUT2D eigenvalue weighted by molar-refractivity contribution is 0.141. The van der Waals surface area contributed by atoms with Crippen molar-refractivity contribution in [2.24, 2.45) is 5.16 Å². The fourth-order valence-electron chi connectivity index (χ4n) is 3.27. The third-order valence-electron chi connectivity index (χ3n) is 4.66. The predicted molar refractivity (Wildman–Crippen MR) is 127 cm³/mol. The second kappa shape index (κ2) is 11.1. The number of rotatable bonds is 9. The number of aromatic nitrogens is 3. The normalized spacial score (nSPS) is 11.2. The number of terminal acetylenes is 1. The lowest BCUT2D eigenvalue weighted by atomic mass is 10.1. The number of hydrogen-bond donors (Lipinski definition) is 0. The number of hydrogen-bond acceptors (Lipinski definition) is 6. The van der Waals surface area contributed by atoms with E-state index >= 15 is 0 Å². The molecule has 0 spiro atoms. The van der Waals surface area contributed by atoms with E-state index in [0.717, 1.165) is 58.3 Å². The van der Waals surface area contributed by atoms with Gasteiger partial charge in [0.2, 0.25) is 0 Å². The van der Waals surface area contributed by atoms with Crippen molar-refractivity contribution in [2.45, 2.75) is 40.5 Å². The van der Waals surface area contributed by atoms with Gasteiger partial charge < -0.3 is 9.57 Å². The van der Waals surface area contributed by atoms with Gasteiger partial charge in [0.15, 0.2) is 0 Å². The summed E-state index contributed by atoms with van der Waals surface area (Å²) in [7, 11) is 0. The monoisotopic (exact) mass is 428 g/mol. The van der Waals surface area contributed by atoms with E-state index < -0.39 is 0 Å². The van der Waals surface area contributed by atoms with E-state index in [1.807, 2.05) is 70.2 Å². The Morgan fingerprint density at radius 1 is 1.00 bits per heavy atom. The van der Waals surface area contributed by atoms with E-state index in [4.69, 9.17) is 21.0 Å². The fraction of sp³-hybridized carbons (Fsp3) is 0.308. The van der Waals surface area contributed by atoms with Crippen LogP contribution in [0.25, 0.3) is 11.4 Å². The molecule has 3 aromatic heterocycles. The number of nitrogens with zero attached hydrogens (tertiary/aromatic N) is 4. The van der Waals surface area contributed by atoms with Crippen LogP contribution in [0.4, 0.5) is 0 Å². The SMILES string of the molecule is C#CCOc1cc(C)nc(-c2cccc(CCCO/N=C(\C)c3cc(C)cc(C)n3)n2)c1. The molecule has 6 nitrogen and oxygen atoms in total. The Balaban J connectivity index is 1.58. The van der Waals surface area contributed by atoms with Crippen molar-refractivity contribution in [1.82, 2.24) is 15.0 Å². The lowest BCUT2D eigenvalue weighted by Crippen LogP contribution is -2.03. The topological polar surface area (TPSA) is 69.5 Å². The Morgan fingerprint density at radius 2 is 1.81 bits per heavy atom. The Labute approximate surface area is 189 Å². The molecule has 0 fully saturated rings. The molecule has 32 heavy (non-hydrogen) atoms. The Morgan fingerprint density at radius 3 is 2.59 bits per heavy atom. The molecule has 6 heteroatoms. The van der Waals surface area contributed by atoms with Crippen LogP contribution in [0.1, 0.15) is 41.7 Å². The molecule has 3 heterocycles. The largest absolute Gasteiger partial charge is 0.481 e. The van der Waals surface area contributed by atoms with Crippen LogP contribution in [0.3, 0.4) is 0 Å². The summed E-state index contributed by atoms with van der Waals surface area (Å²) in [6.45, 7) is 8.57. The molecule has 3 rings (SSSR count). The highest BCUT2D eigenvalue weighted by Crippen LogP contribution is 2.22. The van der Waals surface area contributed by atoms with Gasteiger partial charge in [0.25, 0.3) is 0 Å². The molecule has 0 radical (unpaired) electrons. The molecule has 0 aliphatic carbocycles. The first-order valence-corrected chi connectivity index (χ1v) is 10.6. The zero-order valence-corrected chi connectivity index (χ0v) is 19.1. The minimum Gasteiger partial charge on any atom is -0.481 e. The van der Waals surface area contributed by atoms with Crippen molar-refractivity contribution in [2.75, 3.05) is 13.2 Å². The average Bonchev–Trinajstić information content (AvgIpc) is 2.76. The molecule has 0 N–H and O–H groups in total. The second-order valence-corrected chi connectivity index (χ2v) is 7.62. The van der Waals surface area contributed by atoms with Gasteiger partial charge in [-0.2, -0.15) is 0 Å². The molecular formula is C26H28N4O2. The standard InChI is InChI=1S/C26H28N4O2/c1-6-12-31-23-16-20(4)28-26(17-23)24-11-7-9-22(29-24)10-8-13-32-30-21(5)25-15-18(2)14-19(3)27-25/h1,7,9,11,14-17H,8,10,12-13H2,2-5H3/b30-21+. The minimum absolute atomic E-state index is 0.220. The van der Waals surface area contributed by atoms with Gasteiger partial charge in [-0.1, -0.05) is 17.1 Å². The number of aryl methyl sites for hydroxylation is 4. The van der Waals surface area contributed by atoms with Crippen molar-refractivity contribution in [3.05, 3.63) is 70.8 Å². The van der Waals surface area contributed by atoms with Crippen molar-refractivity contribution >= 4 is 5.71 Å². The van der Waals surface area contributed by atoms with Crippen LogP contribution in [0.5, 0.6) is 5.75 Å². The zero-order chi connectivity index (χ0) is 22.9. The molecule has 0 atom stereocenters. The number of pyridine rings is 3. The van der Waals surface area contributed by atoms with Crippen LogP contribution in [-0.2, 0) is 11.3 Å². The van der Waals surface area contributed by atoms with Crippen LogP contribution < -0.4 is 4.74 Å². The Hall–Kier alpha value is -3.72. The smallest absolute Gasteiger partial charge is 0.148 e. The van der Waals surface area contributed by atoms with Crippen LogP contribution in [-0.4, -0.2) is 33.9 Å². The van der Waals surface area contributed by atoms with E-state index in [0.29, 0.717) is 12.4 Å². The maximum absolute atomic E-state index is 5.55. The van der Waals surface area contributed by atoms with E-state index in [9.17, 15) is 0 Å². The first-order chi connectivity index (χ1) is 15.4. The molecule has 0 unspecified atom stereocenters. The Bertz CT molecular complexity index is 1130. The van der Waals surface area contributed by atoms with Gasteiger partial charge in [0.05, 0.1) is 17.1 Å². The summed E-state index contributed by atoms with van der Waals surface area (Å²) in [5.74, 6) is 3.17. The Kier molecular flexibility index (Phi) is 7.93. The second-order valence-electron chi connectivity index (χ2n) is 7.62. The molecule has 3 aromatic rings. The quantitative estimate of drug-likeness (QED) is 0.211. The van der Waals surface area contributed by atoms with Gasteiger partial charge in [-0.25, -0.2) is 0 Å². The summed E-state index contributed by atoms with van der Waals surface area (Å²) in [4.78, 5) is 19.3. The summed E-state index contributed by atoms with van der Waals surface area (Å²) in [5, 5.41) is 4.21. The number of ether oxygens (including phenoxy) is 1. The molecule has 0 amide bonds. The number of oxime groups is 1. The zero-order valence-electron chi connectivity index (χ0n) is 19.1. The summed E-state index contributed by atoms with van der Waals surface area (Å²) in [6.07, 6.45) is 6.86. The maximum atomic E-state index is 5.55. The molecule has 164 valence electrons. The molecule has 0 saturated heterocycles. The van der Waals surface area contributed by atoms with E-state index in [2.05, 4.69) is 21.0 Å². The summed E-state index contributed by atoms with van der Waals surface area (Å²) in [6, 6.07) is 13.7. The maximum Gasteiger partial charge on any atom is 0.148 e. The van der Waals surface area contributed by atoms with Gasteiger partial charge in [0.1, 0.15) is 24.7 Å². The van der Waals surface area contributed by atoms with Gasteiger partial charge in [-0.05, 0) is 70.4 Å². The molecule has 0 bridgehead atoms. The predicted octanol–water partition coefficient (Wildman–Crippen LogP) is 4.85. The average molecular weight is 429 g/mol. The summed E-state index contributed by atoms with van der Waals surface area (Å²) >= 11 is 0. The molecule has 0 saturated carbocycles. The molecule has 0 aliphatic rings. The van der Waals surface area contributed by atoms with Crippen molar-refractivity contribution in [3.8, 4) is 29.5 Å². The van der Waals surface area contributed by atoms with Crippen molar-refractivity contribution in [1.29, 1.82) is 0 Å². The fourth-order valence-corrected chi connectivity index (χ4v) is 3.27. The highest BCUT2D eigenvalue weighted by atomic mass is 16.6. The van der Waals surface area contributed by atoms with Gasteiger partial charge in [0, 0.05) is 29.2 Å². The molecule has 0 aromatic carbocycles. The minimum atomic E-state index is 0.220. The molecular weight excluding hydrogens is 400 g/mol. The lowest BCUT2D eigenvalue weighted by Gasteiger charge is -2.08. The van der Waals surface area contributed by atoms with Crippen LogP contribution in [0.15, 0.2) is 47.6 Å². The molecule has 0 aliphatic heterocycles. The first kappa shape index (κ1) is 23.0. The third kappa shape index (κ3) is 6.64. The highest BCUT2D eigenvalue weighted by Gasteiger charge is 2.07. The van der Waals surface area contributed by atoms with Crippen molar-refractivity contribution in [3.63, 3.8) is 0 Å². The van der Waals surface area contributed by atoms with Crippen LogP contribution in [0.2, 0.25) is 0 Å². The highest BCUT2D eigenvalue weighted by molar-refractivity contribution is 5.96. The van der Waals surface area contributed by atoms with E-state index in [1.54, 1.807) is 0 Å². The van der Waals surface area contributed by atoms with E-state index in [-0.39, 0.29) is 6.61 Å². The van der Waals surface area contributed by atoms with Gasteiger partial charge >= 0.3 is 0 Å². The van der Waals surface area contributed by atoms with Crippen molar-refractivity contribution < 1.29 is 9.57 Å². The third-order valence-corrected chi connectivity index (χ3v) is 4.66. The van der Waals surface area contributed by atoms with E-state index in [1.165, 1.54) is 0 Å². The van der Waals surface area contributed by atoms with Crippen LogP contribution in [0, 0.1) is 33.1 Å². The summed E-state index contributed by atoms with van der Waals surface area (Å²) in [5.41, 5.74) is 7.12. The first-order valence-electron chi connectivity index (χ1n) is 10.6. The van der Waals surface area contributed by atoms with Crippen LogP contribution >= 0.6 is 0 Å².